The number of amides is 10. The highest BCUT2D eigenvalue weighted by molar-refractivity contribution is 6.01. The number of aryl methyl sites for hydroxylation is 1. The summed E-state index contributed by atoms with van der Waals surface area (Å²) in [6, 6.07) is 3.39. The number of hydrogen-bond acceptors (Lipinski definition) is 13. The maximum absolute atomic E-state index is 14.3. The van der Waals surface area contributed by atoms with Crippen molar-refractivity contribution >= 4 is 59.1 Å². The molecule has 456 valence electrons. The molecule has 2 fully saturated rings. The summed E-state index contributed by atoms with van der Waals surface area (Å²) in [5.41, 5.74) is -4.19. The van der Waals surface area contributed by atoms with Crippen LogP contribution in [-0.2, 0) is 49.6 Å². The lowest BCUT2D eigenvalue weighted by Crippen LogP contribution is -2.65. The summed E-state index contributed by atoms with van der Waals surface area (Å²) in [6.07, 6.45) is 5.46. The number of rotatable bonds is 30. The fraction of sp³-hybridized carbons (Fsp3) is 0.678. The minimum Gasteiger partial charge on any atom is -0.448 e. The summed E-state index contributed by atoms with van der Waals surface area (Å²) in [5.74, 6) is -6.00. The summed E-state index contributed by atoms with van der Waals surface area (Å²) in [7, 11) is 3.90. The Hall–Kier alpha value is -6.91. The predicted molar refractivity (Wildman–Crippen MR) is 309 cm³/mol. The van der Waals surface area contributed by atoms with Crippen molar-refractivity contribution in [3.05, 3.63) is 53.7 Å². The SMILES string of the molecule is Cc1nc(C(=O)N2CCC[C@H]2C(=O)N[C@@H](Cc2ccccc2)C(=O)N[C@@H](CC(C)C)C(=O)NC(C)(C)C(=O)N[C@@H](CC(C)C)C(=O)N[C@@H](CC(C)C)C(=O)NC(C)(C)C(=O)NC(C)(C)C(=O)NCCC(=O)NC2(CN(C)C)CCC2)co1. The molecule has 2 heterocycles. The average Bonchev–Trinajstić information content (AvgIpc) is 4.10. The number of hydrogen-bond donors (Lipinski definition) is 9. The molecule has 0 bridgehead atoms. The molecule has 23 nitrogen and oxygen atoms in total. The Morgan fingerprint density at radius 3 is 1.66 bits per heavy atom. The van der Waals surface area contributed by atoms with Crippen LogP contribution in [0.4, 0.5) is 0 Å². The molecule has 1 saturated carbocycles. The first-order chi connectivity index (χ1) is 38.1. The van der Waals surface area contributed by atoms with Crippen molar-refractivity contribution in [1.82, 2.24) is 62.6 Å². The number of benzene rings is 1. The molecule has 82 heavy (non-hydrogen) atoms. The summed E-state index contributed by atoms with van der Waals surface area (Å²) >= 11 is 0. The van der Waals surface area contributed by atoms with Gasteiger partial charge in [-0.15, -0.1) is 0 Å². The third-order valence-electron chi connectivity index (χ3n) is 14.6. The summed E-state index contributed by atoms with van der Waals surface area (Å²) in [4.78, 5) is 146. The molecule has 9 N–H and O–H groups in total. The predicted octanol–water partition coefficient (Wildman–Crippen LogP) is 2.70. The van der Waals surface area contributed by atoms with Gasteiger partial charge in [0.2, 0.25) is 53.2 Å². The first-order valence-corrected chi connectivity index (χ1v) is 28.8. The van der Waals surface area contributed by atoms with E-state index >= 15 is 0 Å². The molecule has 2 aromatic rings. The zero-order valence-corrected chi connectivity index (χ0v) is 51.1. The number of nitrogens with one attached hydrogen (secondary N) is 9. The fourth-order valence-corrected chi connectivity index (χ4v) is 10.0. The molecule has 1 saturated heterocycles. The highest BCUT2D eigenvalue weighted by Crippen LogP contribution is 2.32. The van der Waals surface area contributed by atoms with Gasteiger partial charge in [-0.05, 0) is 130 Å². The third-order valence-corrected chi connectivity index (χ3v) is 14.6. The van der Waals surface area contributed by atoms with E-state index in [4.69, 9.17) is 4.42 Å². The minimum atomic E-state index is -1.67. The molecule has 1 aliphatic carbocycles. The molecule has 0 radical (unpaired) electrons. The second-order valence-corrected chi connectivity index (χ2v) is 25.4. The summed E-state index contributed by atoms with van der Waals surface area (Å²) < 4.78 is 5.24. The van der Waals surface area contributed by atoms with Crippen molar-refractivity contribution in [3.8, 4) is 0 Å². The van der Waals surface area contributed by atoms with E-state index in [0.717, 1.165) is 31.4 Å². The zero-order valence-electron chi connectivity index (χ0n) is 51.1. The molecule has 23 heteroatoms. The second kappa shape index (κ2) is 29.4. The third kappa shape index (κ3) is 20.2. The zero-order chi connectivity index (χ0) is 61.5. The van der Waals surface area contributed by atoms with Gasteiger partial charge in [0, 0.05) is 39.4 Å². The van der Waals surface area contributed by atoms with E-state index < -0.39 is 100.0 Å². The Morgan fingerprint density at radius 2 is 1.17 bits per heavy atom. The van der Waals surface area contributed by atoms with Crippen LogP contribution in [0.1, 0.15) is 163 Å². The van der Waals surface area contributed by atoms with Crippen molar-refractivity contribution in [2.75, 3.05) is 33.7 Å². The first kappa shape index (κ1) is 67.6. The maximum Gasteiger partial charge on any atom is 0.276 e. The van der Waals surface area contributed by atoms with Gasteiger partial charge < -0.3 is 62.1 Å². The van der Waals surface area contributed by atoms with Gasteiger partial charge in [-0.2, -0.15) is 0 Å². The van der Waals surface area contributed by atoms with Crippen molar-refractivity contribution < 1.29 is 52.4 Å². The standard InChI is InChI=1S/C59H94N12O11/c1-35(2)29-40(47(73)62-42(31-37(5)6)50(76)68-58(12,13)55(81)69-56(8,9)53(79)60-27-24-46(72)66-59(25-20-26-59)34-70(14)15)65-54(80)57(10,11)67-49(75)41(30-36(3)4)63-48(74)43(32-39-21-17-16-18-22-39)64-51(77)45-23-19-28-71(45)52(78)44-33-82-38(7)61-44/h16-18,21-22,33,35-37,40-43,45H,19-20,23-32,34H2,1-15H3,(H,60,79)(H,62,73)(H,63,74)(H,64,77)(H,65,80)(H,66,72)(H,67,75)(H,68,76)(H,69,81)/t40-,41-,42-,43-,45-/m0/s1. The van der Waals surface area contributed by atoms with Crippen LogP contribution in [0, 0.1) is 24.7 Å². The van der Waals surface area contributed by atoms with E-state index in [1.165, 1.54) is 52.7 Å². The molecule has 1 aromatic heterocycles. The van der Waals surface area contributed by atoms with Gasteiger partial charge in [0.05, 0.1) is 5.54 Å². The number of carbonyl (C=O) groups is 10. The Morgan fingerprint density at radius 1 is 0.659 bits per heavy atom. The van der Waals surface area contributed by atoms with Crippen molar-refractivity contribution in [2.45, 2.75) is 207 Å². The van der Waals surface area contributed by atoms with Gasteiger partial charge in [0.1, 0.15) is 53.1 Å². The van der Waals surface area contributed by atoms with Gasteiger partial charge in [-0.25, -0.2) is 4.98 Å². The van der Waals surface area contributed by atoms with Crippen LogP contribution >= 0.6 is 0 Å². The van der Waals surface area contributed by atoms with Gasteiger partial charge in [-0.1, -0.05) is 71.9 Å². The van der Waals surface area contributed by atoms with Crippen LogP contribution in [0.25, 0.3) is 0 Å². The minimum absolute atomic E-state index is 0.0430. The summed E-state index contributed by atoms with van der Waals surface area (Å²) in [6.45, 7) is 22.6. The van der Waals surface area contributed by atoms with Crippen molar-refractivity contribution in [3.63, 3.8) is 0 Å². The quantitative estimate of drug-likeness (QED) is 0.0545. The molecule has 1 aromatic carbocycles. The number of nitrogens with zero attached hydrogens (tertiary/aromatic N) is 3. The lowest BCUT2D eigenvalue weighted by Gasteiger charge is -2.44. The molecule has 10 amide bonds. The lowest BCUT2D eigenvalue weighted by molar-refractivity contribution is -0.139. The average molecular weight is 1150 g/mol. The van der Waals surface area contributed by atoms with Gasteiger partial charge in [0.25, 0.3) is 5.91 Å². The topological polar surface area (TPSA) is 311 Å². The highest BCUT2D eigenvalue weighted by atomic mass is 16.3. The highest BCUT2D eigenvalue weighted by Gasteiger charge is 2.43. The molecular weight excluding hydrogens is 1050 g/mol. The largest absolute Gasteiger partial charge is 0.448 e. The van der Waals surface area contributed by atoms with Gasteiger partial charge in [0.15, 0.2) is 11.6 Å². The number of likely N-dealkylation sites (N-methyl/N-ethyl adjacent to an activating group) is 1. The van der Waals surface area contributed by atoms with Crippen LogP contribution < -0.4 is 47.9 Å². The van der Waals surface area contributed by atoms with Crippen LogP contribution in [0.15, 0.2) is 41.0 Å². The van der Waals surface area contributed by atoms with Crippen LogP contribution in [0.2, 0.25) is 0 Å². The summed E-state index contributed by atoms with van der Waals surface area (Å²) in [5, 5.41) is 25.3. The number of carbonyl (C=O) groups excluding carboxylic acids is 10. The van der Waals surface area contributed by atoms with E-state index in [2.05, 4.69) is 52.8 Å². The maximum atomic E-state index is 14.3. The van der Waals surface area contributed by atoms with E-state index in [9.17, 15) is 47.9 Å². The first-order valence-electron chi connectivity index (χ1n) is 28.8. The molecule has 2 aliphatic rings. The Balaban J connectivity index is 1.42. The van der Waals surface area contributed by atoms with E-state index in [0.29, 0.717) is 25.3 Å². The van der Waals surface area contributed by atoms with Crippen LogP contribution in [0.5, 0.6) is 0 Å². The van der Waals surface area contributed by atoms with Crippen molar-refractivity contribution in [2.24, 2.45) is 17.8 Å². The van der Waals surface area contributed by atoms with Gasteiger partial charge in [-0.3, -0.25) is 47.9 Å². The molecular formula is C59H94N12O11. The number of oxazole rings is 1. The number of aromatic nitrogens is 1. The number of likely N-dealkylation sites (tertiary alicyclic amines) is 1. The molecule has 1 aliphatic heterocycles. The second-order valence-electron chi connectivity index (χ2n) is 25.4. The molecule has 0 spiro atoms. The Labute approximate surface area is 484 Å². The van der Waals surface area contributed by atoms with E-state index in [1.54, 1.807) is 31.2 Å². The van der Waals surface area contributed by atoms with E-state index in [1.807, 2.05) is 66.6 Å². The van der Waals surface area contributed by atoms with Gasteiger partial charge >= 0.3 is 0 Å². The lowest BCUT2D eigenvalue weighted by atomic mass is 9.76. The molecule has 0 unspecified atom stereocenters. The molecule has 4 rings (SSSR count). The smallest absolute Gasteiger partial charge is 0.276 e. The Bertz CT molecular complexity index is 2570. The van der Waals surface area contributed by atoms with E-state index in [-0.39, 0.29) is 73.5 Å². The van der Waals surface area contributed by atoms with Crippen LogP contribution in [0.3, 0.4) is 0 Å². The van der Waals surface area contributed by atoms with Crippen molar-refractivity contribution in [1.29, 1.82) is 0 Å². The Kier molecular flexibility index (Phi) is 24.2. The normalized spacial score (nSPS) is 16.7. The fourth-order valence-electron chi connectivity index (χ4n) is 10.0. The van der Waals surface area contributed by atoms with Crippen LogP contribution in [-0.4, -0.2) is 160 Å². The monoisotopic (exact) mass is 1150 g/mol. The molecule has 5 atom stereocenters.